The number of hydrogen-bond acceptors (Lipinski definition) is 2. The number of benzene rings is 1. The minimum Gasteiger partial charge on any atom is -0.298 e. The lowest BCUT2D eigenvalue weighted by atomic mass is 10.1. The van der Waals surface area contributed by atoms with Crippen LogP contribution in [-0.2, 0) is 6.18 Å². The van der Waals surface area contributed by atoms with Crippen LogP contribution in [0.2, 0.25) is 0 Å². The van der Waals surface area contributed by atoms with Crippen LogP contribution in [0.4, 0.5) is 13.2 Å². The minimum absolute atomic E-state index is 0.116. The summed E-state index contributed by atoms with van der Waals surface area (Å²) in [5, 5.41) is 0. The number of aryl methyl sites for hydroxylation is 1. The summed E-state index contributed by atoms with van der Waals surface area (Å²) in [6.07, 6.45) is -3.87. The Bertz CT molecular complexity index is 733. The lowest BCUT2D eigenvalue weighted by molar-refractivity contribution is -0.137. The largest absolute Gasteiger partial charge is 0.416 e. The van der Waals surface area contributed by atoms with E-state index in [-0.39, 0.29) is 5.56 Å². The molecular formula is C15H13F3N2O2. The van der Waals surface area contributed by atoms with E-state index in [2.05, 4.69) is 5.43 Å². The van der Waals surface area contributed by atoms with Crippen molar-refractivity contribution in [2.75, 3.05) is 5.43 Å². The van der Waals surface area contributed by atoms with Crippen molar-refractivity contribution in [2.45, 2.75) is 20.0 Å². The third kappa shape index (κ3) is 3.03. The Hall–Kier alpha value is -2.57. The maximum absolute atomic E-state index is 12.7. The minimum atomic E-state index is -4.51. The van der Waals surface area contributed by atoms with Crippen LogP contribution in [0.25, 0.3) is 0 Å². The van der Waals surface area contributed by atoms with Gasteiger partial charge >= 0.3 is 6.18 Å². The van der Waals surface area contributed by atoms with Gasteiger partial charge in [-0.25, -0.2) is 0 Å². The molecule has 1 aromatic carbocycles. The number of alkyl halides is 3. The van der Waals surface area contributed by atoms with Crippen molar-refractivity contribution >= 4 is 12.2 Å². The van der Waals surface area contributed by atoms with Gasteiger partial charge in [-0.3, -0.25) is 19.7 Å². The predicted octanol–water partition coefficient (Wildman–Crippen LogP) is 3.32. The van der Waals surface area contributed by atoms with Crippen molar-refractivity contribution in [3.63, 3.8) is 0 Å². The second-order valence-electron chi connectivity index (χ2n) is 4.80. The Morgan fingerprint density at radius 2 is 1.91 bits per heavy atom. The number of amides is 1. The molecule has 1 aromatic heterocycles. The van der Waals surface area contributed by atoms with E-state index in [1.165, 1.54) is 16.8 Å². The normalized spacial score (nSPS) is 11.3. The van der Waals surface area contributed by atoms with E-state index in [1.807, 2.05) is 0 Å². The quantitative estimate of drug-likeness (QED) is 0.884. The van der Waals surface area contributed by atoms with Crippen molar-refractivity contribution < 1.29 is 22.8 Å². The van der Waals surface area contributed by atoms with Crippen LogP contribution in [0, 0.1) is 13.8 Å². The van der Waals surface area contributed by atoms with Gasteiger partial charge in [0.15, 0.2) is 6.29 Å². The summed E-state index contributed by atoms with van der Waals surface area (Å²) in [6.45, 7) is 3.30. The molecule has 0 saturated carbocycles. The van der Waals surface area contributed by atoms with Crippen molar-refractivity contribution in [3.05, 3.63) is 58.4 Å². The number of hydrogen-bond donors (Lipinski definition) is 1. The third-order valence-electron chi connectivity index (χ3n) is 3.26. The zero-order valence-corrected chi connectivity index (χ0v) is 11.9. The Morgan fingerprint density at radius 1 is 1.23 bits per heavy atom. The van der Waals surface area contributed by atoms with E-state index in [0.29, 0.717) is 23.2 Å². The molecule has 1 amide bonds. The fourth-order valence-corrected chi connectivity index (χ4v) is 2.08. The first kappa shape index (κ1) is 15.8. The van der Waals surface area contributed by atoms with Gasteiger partial charge in [-0.15, -0.1) is 0 Å². The van der Waals surface area contributed by atoms with Gasteiger partial charge in [0.2, 0.25) is 0 Å². The van der Waals surface area contributed by atoms with E-state index < -0.39 is 17.6 Å². The second kappa shape index (κ2) is 5.67. The van der Waals surface area contributed by atoms with Crippen molar-refractivity contribution in [3.8, 4) is 0 Å². The molecule has 0 bridgehead atoms. The molecule has 0 unspecified atom stereocenters. The molecule has 4 nitrogen and oxygen atoms in total. The maximum atomic E-state index is 12.7. The van der Waals surface area contributed by atoms with Gasteiger partial charge in [0, 0.05) is 22.5 Å². The average molecular weight is 310 g/mol. The van der Waals surface area contributed by atoms with Gasteiger partial charge in [0.25, 0.3) is 5.91 Å². The van der Waals surface area contributed by atoms with Gasteiger partial charge in [0.1, 0.15) is 0 Å². The maximum Gasteiger partial charge on any atom is 0.416 e. The fourth-order valence-electron chi connectivity index (χ4n) is 2.08. The number of carbonyl (C=O) groups excluding carboxylic acids is 2. The molecule has 0 atom stereocenters. The SMILES string of the molecule is Cc1cc(C=O)c(C)n1NC(=O)c1cccc(C(F)(F)F)c1. The van der Waals surface area contributed by atoms with Gasteiger partial charge < -0.3 is 0 Å². The molecular weight excluding hydrogens is 297 g/mol. The number of aldehydes is 1. The zero-order valence-electron chi connectivity index (χ0n) is 11.9. The highest BCUT2D eigenvalue weighted by atomic mass is 19.4. The first-order chi connectivity index (χ1) is 10.2. The third-order valence-corrected chi connectivity index (χ3v) is 3.26. The molecule has 22 heavy (non-hydrogen) atoms. The molecule has 0 saturated heterocycles. The number of aromatic nitrogens is 1. The molecule has 116 valence electrons. The van der Waals surface area contributed by atoms with Crippen LogP contribution in [0.15, 0.2) is 30.3 Å². The lowest BCUT2D eigenvalue weighted by Gasteiger charge is -2.12. The number of nitrogens with zero attached hydrogens (tertiary/aromatic N) is 1. The summed E-state index contributed by atoms with van der Waals surface area (Å²) in [6, 6.07) is 5.72. The zero-order chi connectivity index (χ0) is 16.5. The lowest BCUT2D eigenvalue weighted by Crippen LogP contribution is -2.25. The smallest absolute Gasteiger partial charge is 0.298 e. The molecule has 0 aliphatic rings. The Labute approximate surface area is 124 Å². The topological polar surface area (TPSA) is 51.1 Å². The number of carbonyl (C=O) groups is 2. The van der Waals surface area contributed by atoms with Crippen LogP contribution in [0.3, 0.4) is 0 Å². The number of halogens is 3. The standard InChI is InChI=1S/C15H13F3N2O2/c1-9-6-12(8-21)10(2)20(9)19-14(22)11-4-3-5-13(7-11)15(16,17)18/h3-8H,1-2H3,(H,19,22). The molecule has 0 fully saturated rings. The molecule has 0 spiro atoms. The fraction of sp³-hybridized carbons (Fsp3) is 0.200. The summed E-state index contributed by atoms with van der Waals surface area (Å²) in [4.78, 5) is 23.0. The summed E-state index contributed by atoms with van der Waals surface area (Å²) in [5.74, 6) is -0.689. The highest BCUT2D eigenvalue weighted by molar-refractivity contribution is 6.00. The summed E-state index contributed by atoms with van der Waals surface area (Å²) in [5.41, 5.74) is 2.98. The highest BCUT2D eigenvalue weighted by Crippen LogP contribution is 2.29. The first-order valence-electron chi connectivity index (χ1n) is 6.36. The van der Waals surface area contributed by atoms with Gasteiger partial charge in [0.05, 0.1) is 5.56 Å². The molecule has 0 aliphatic heterocycles. The van der Waals surface area contributed by atoms with Crippen LogP contribution in [0.5, 0.6) is 0 Å². The summed E-state index contributed by atoms with van der Waals surface area (Å²) in [7, 11) is 0. The predicted molar refractivity (Wildman–Crippen MR) is 74.4 cm³/mol. The van der Waals surface area contributed by atoms with Gasteiger partial charge in [-0.1, -0.05) is 6.07 Å². The Kier molecular flexibility index (Phi) is 4.07. The number of rotatable bonds is 3. The van der Waals surface area contributed by atoms with E-state index >= 15 is 0 Å². The molecule has 1 N–H and O–H groups in total. The number of nitrogens with one attached hydrogen (secondary N) is 1. The van der Waals surface area contributed by atoms with Crippen molar-refractivity contribution in [2.24, 2.45) is 0 Å². The Balaban J connectivity index is 2.31. The first-order valence-corrected chi connectivity index (χ1v) is 6.36. The molecule has 1 heterocycles. The van der Waals surface area contributed by atoms with E-state index in [1.54, 1.807) is 19.9 Å². The van der Waals surface area contributed by atoms with Crippen LogP contribution >= 0.6 is 0 Å². The van der Waals surface area contributed by atoms with Crippen LogP contribution in [-0.4, -0.2) is 16.9 Å². The summed E-state index contributed by atoms with van der Waals surface area (Å²) < 4.78 is 39.3. The molecule has 2 rings (SSSR count). The van der Waals surface area contributed by atoms with Crippen LogP contribution < -0.4 is 5.43 Å². The summed E-state index contributed by atoms with van der Waals surface area (Å²) >= 11 is 0. The molecule has 0 aliphatic carbocycles. The van der Waals surface area contributed by atoms with E-state index in [4.69, 9.17) is 0 Å². The molecule has 0 radical (unpaired) electrons. The van der Waals surface area contributed by atoms with Gasteiger partial charge in [-0.05, 0) is 38.1 Å². The van der Waals surface area contributed by atoms with E-state index in [9.17, 15) is 22.8 Å². The highest BCUT2D eigenvalue weighted by Gasteiger charge is 2.31. The van der Waals surface area contributed by atoms with Gasteiger partial charge in [-0.2, -0.15) is 13.2 Å². The molecule has 7 heteroatoms. The average Bonchev–Trinajstić information content (AvgIpc) is 2.74. The second-order valence-corrected chi connectivity index (χ2v) is 4.80. The van der Waals surface area contributed by atoms with Crippen molar-refractivity contribution in [1.82, 2.24) is 4.68 Å². The Morgan fingerprint density at radius 3 is 2.45 bits per heavy atom. The van der Waals surface area contributed by atoms with E-state index in [0.717, 1.165) is 12.1 Å². The molecule has 2 aromatic rings. The van der Waals surface area contributed by atoms with Crippen LogP contribution in [0.1, 0.15) is 37.7 Å². The van der Waals surface area contributed by atoms with Crippen molar-refractivity contribution in [1.29, 1.82) is 0 Å². The monoisotopic (exact) mass is 310 g/mol.